The zero-order valence-electron chi connectivity index (χ0n) is 23.7. The number of halogens is 2. The van der Waals surface area contributed by atoms with Crippen LogP contribution >= 0.6 is 0 Å². The predicted molar refractivity (Wildman–Crippen MR) is 160 cm³/mol. The summed E-state index contributed by atoms with van der Waals surface area (Å²) in [5.41, 5.74) is 0.283. The maximum atomic E-state index is 16.9. The number of fused-ring (bicyclic) bond motifs is 5. The molecule has 4 aliphatic heterocycles. The van der Waals surface area contributed by atoms with Crippen LogP contribution in [0.2, 0.25) is 0 Å². The number of nitrogens with zero attached hydrogens (tertiary/aromatic N) is 5. The van der Waals surface area contributed by atoms with Crippen molar-refractivity contribution in [2.75, 3.05) is 37.7 Å². The molecule has 2 bridgehead atoms. The lowest BCUT2D eigenvalue weighted by Crippen LogP contribution is -2.51. The van der Waals surface area contributed by atoms with Crippen LogP contribution in [0.4, 0.5) is 14.6 Å². The quantitative estimate of drug-likeness (QED) is 0.337. The number of nitrogens with one attached hydrogen (secondary N) is 1. The summed E-state index contributed by atoms with van der Waals surface area (Å²) in [4.78, 5) is 13.7. The molecule has 1 aromatic heterocycles. The number of alkyl halides is 1. The van der Waals surface area contributed by atoms with Crippen molar-refractivity contribution in [2.24, 2.45) is 0 Å². The summed E-state index contributed by atoms with van der Waals surface area (Å²) < 4.78 is 37.6. The molecule has 2 unspecified atom stereocenters. The van der Waals surface area contributed by atoms with Crippen LogP contribution < -0.4 is 15.0 Å². The van der Waals surface area contributed by atoms with Crippen molar-refractivity contribution < 1.29 is 18.6 Å². The summed E-state index contributed by atoms with van der Waals surface area (Å²) in [7, 11) is 0. The minimum absolute atomic E-state index is 0.0242. The SMILES string of the molecule is N#Cc1cc2c(N3CC4CCC(C3)N4)nc(OC[C@@]34CCCN3C[C@H](F)C4)nc2c(F)c1-c1cc(O)cc2ccccc12. The average Bonchev–Trinajstić information content (AvgIpc) is 3.65. The molecule has 220 valence electrons. The third-order valence-corrected chi connectivity index (χ3v) is 9.87. The smallest absolute Gasteiger partial charge is 0.319 e. The Balaban J connectivity index is 1.29. The molecule has 0 radical (unpaired) electrons. The van der Waals surface area contributed by atoms with Gasteiger partial charge in [0.15, 0.2) is 5.82 Å². The molecule has 43 heavy (non-hydrogen) atoms. The van der Waals surface area contributed by atoms with Crippen LogP contribution in [0.25, 0.3) is 32.8 Å². The lowest BCUT2D eigenvalue weighted by Gasteiger charge is -2.34. The molecular formula is C33H32F2N6O2. The van der Waals surface area contributed by atoms with E-state index in [2.05, 4.69) is 26.2 Å². The highest BCUT2D eigenvalue weighted by atomic mass is 19.1. The van der Waals surface area contributed by atoms with Gasteiger partial charge in [-0.1, -0.05) is 24.3 Å². The Morgan fingerprint density at radius 2 is 1.91 bits per heavy atom. The van der Waals surface area contributed by atoms with Gasteiger partial charge in [-0.05, 0) is 66.8 Å². The Morgan fingerprint density at radius 1 is 1.09 bits per heavy atom. The zero-order chi connectivity index (χ0) is 29.3. The van der Waals surface area contributed by atoms with Crippen LogP contribution in [0.5, 0.6) is 11.8 Å². The first-order valence-electron chi connectivity index (χ1n) is 15.1. The first-order valence-corrected chi connectivity index (χ1v) is 15.1. The molecule has 0 spiro atoms. The molecule has 4 aliphatic rings. The molecule has 8 nitrogen and oxygen atoms in total. The molecule has 8 rings (SSSR count). The maximum absolute atomic E-state index is 16.9. The van der Waals surface area contributed by atoms with E-state index in [1.165, 1.54) is 6.07 Å². The van der Waals surface area contributed by atoms with Crippen molar-refractivity contribution in [2.45, 2.75) is 55.9 Å². The van der Waals surface area contributed by atoms with Crippen LogP contribution in [0.3, 0.4) is 0 Å². The minimum Gasteiger partial charge on any atom is -0.508 e. The number of phenols is 1. The molecule has 4 aromatic rings. The van der Waals surface area contributed by atoms with Gasteiger partial charge >= 0.3 is 6.01 Å². The average molecular weight is 583 g/mol. The summed E-state index contributed by atoms with van der Waals surface area (Å²) in [6, 6.07) is 15.0. The number of phenolic OH excluding ortho intramolecular Hbond substituents is 1. The predicted octanol–water partition coefficient (Wildman–Crippen LogP) is 5.06. The van der Waals surface area contributed by atoms with Crippen molar-refractivity contribution in [1.82, 2.24) is 20.2 Å². The summed E-state index contributed by atoms with van der Waals surface area (Å²) >= 11 is 0. The zero-order valence-corrected chi connectivity index (χ0v) is 23.7. The largest absolute Gasteiger partial charge is 0.508 e. The number of ether oxygens (including phenoxy) is 1. The van der Waals surface area contributed by atoms with Gasteiger partial charge in [-0.15, -0.1) is 0 Å². The minimum atomic E-state index is -0.894. The monoisotopic (exact) mass is 582 g/mol. The van der Waals surface area contributed by atoms with Gasteiger partial charge in [0, 0.05) is 49.1 Å². The van der Waals surface area contributed by atoms with Gasteiger partial charge in [0.05, 0.1) is 17.2 Å². The summed E-state index contributed by atoms with van der Waals surface area (Å²) in [5, 5.41) is 26.3. The van der Waals surface area contributed by atoms with E-state index in [-0.39, 0.29) is 35.0 Å². The number of hydrogen-bond donors (Lipinski definition) is 2. The molecule has 4 atom stereocenters. The third kappa shape index (κ3) is 4.36. The van der Waals surface area contributed by atoms with E-state index in [1.807, 2.05) is 24.3 Å². The standard InChI is InChI=1S/C33H32F2N6O2/c34-21-13-33(8-3-9-41(33)15-21)18-43-32-38-30-27(31(39-32)40-16-22-6-7-23(17-40)37-22)11-20(14-36)28(29(30)35)26-12-24(42)10-19-4-1-2-5-25(19)26/h1-2,4-5,10-12,21-23,37,42H,3,6-9,13,15-18H2/t21-,22?,23?,33+/m1/s1. The summed E-state index contributed by atoms with van der Waals surface area (Å²) in [5.74, 6) is -0.151. The second-order valence-electron chi connectivity index (χ2n) is 12.6. The molecule has 0 amide bonds. The lowest BCUT2D eigenvalue weighted by atomic mass is 9.92. The van der Waals surface area contributed by atoms with E-state index >= 15 is 4.39 Å². The van der Waals surface area contributed by atoms with Crippen LogP contribution in [-0.4, -0.2) is 76.6 Å². The Labute approximate surface area is 247 Å². The van der Waals surface area contributed by atoms with Crippen LogP contribution in [0.15, 0.2) is 42.5 Å². The molecule has 4 saturated heterocycles. The van der Waals surface area contributed by atoms with Crippen LogP contribution in [0, 0.1) is 17.1 Å². The van der Waals surface area contributed by atoms with E-state index in [1.54, 1.807) is 12.1 Å². The van der Waals surface area contributed by atoms with E-state index in [9.17, 15) is 14.8 Å². The van der Waals surface area contributed by atoms with Gasteiger partial charge in [0.25, 0.3) is 0 Å². The van der Waals surface area contributed by atoms with Crippen molar-refractivity contribution >= 4 is 27.5 Å². The summed E-state index contributed by atoms with van der Waals surface area (Å²) in [6.07, 6.45) is 3.45. The Kier molecular flexibility index (Phi) is 6.17. The fourth-order valence-electron chi connectivity index (χ4n) is 7.97. The second-order valence-corrected chi connectivity index (χ2v) is 12.6. The van der Waals surface area contributed by atoms with Gasteiger partial charge < -0.3 is 20.1 Å². The fourth-order valence-corrected chi connectivity index (χ4v) is 7.97. The molecule has 3 aromatic carbocycles. The highest BCUT2D eigenvalue weighted by Gasteiger charge is 2.49. The molecule has 10 heteroatoms. The number of aromatic nitrogens is 2. The second kappa shape index (κ2) is 10.00. The van der Waals surface area contributed by atoms with Crippen LogP contribution in [-0.2, 0) is 0 Å². The maximum Gasteiger partial charge on any atom is 0.319 e. The van der Waals surface area contributed by atoms with Crippen molar-refractivity contribution in [3.8, 4) is 29.0 Å². The third-order valence-electron chi connectivity index (χ3n) is 9.87. The Hall–Kier alpha value is -4.07. The number of piperazine rings is 1. The molecule has 2 N–H and O–H groups in total. The number of anilines is 1. The molecule has 0 aliphatic carbocycles. The van der Waals surface area contributed by atoms with E-state index in [4.69, 9.17) is 9.72 Å². The van der Waals surface area contributed by atoms with E-state index < -0.39 is 17.5 Å². The molecule has 5 heterocycles. The number of nitriles is 1. The van der Waals surface area contributed by atoms with Gasteiger partial charge in [-0.3, -0.25) is 4.90 Å². The van der Waals surface area contributed by atoms with Crippen LogP contribution in [0.1, 0.15) is 37.7 Å². The highest BCUT2D eigenvalue weighted by molar-refractivity contribution is 6.03. The number of hydrogen-bond acceptors (Lipinski definition) is 8. The molecular weight excluding hydrogens is 550 g/mol. The van der Waals surface area contributed by atoms with E-state index in [0.29, 0.717) is 60.3 Å². The van der Waals surface area contributed by atoms with Crippen molar-refractivity contribution in [3.63, 3.8) is 0 Å². The lowest BCUT2D eigenvalue weighted by molar-refractivity contribution is 0.107. The van der Waals surface area contributed by atoms with E-state index in [0.717, 1.165) is 37.6 Å². The van der Waals surface area contributed by atoms with Crippen molar-refractivity contribution in [1.29, 1.82) is 5.26 Å². The fraction of sp³-hybridized carbons (Fsp3) is 0.424. The first-order chi connectivity index (χ1) is 20.9. The van der Waals surface area contributed by atoms with Gasteiger partial charge in [0.2, 0.25) is 0 Å². The normalized spacial score (nSPS) is 26.7. The van der Waals surface area contributed by atoms with Gasteiger partial charge in [-0.25, -0.2) is 8.78 Å². The summed E-state index contributed by atoms with van der Waals surface area (Å²) in [6.45, 7) is 2.87. The number of rotatable bonds is 5. The number of aromatic hydroxyl groups is 1. The first kappa shape index (κ1) is 26.5. The molecule has 0 saturated carbocycles. The van der Waals surface area contributed by atoms with Crippen molar-refractivity contribution in [3.05, 3.63) is 53.8 Å². The van der Waals surface area contributed by atoms with Gasteiger partial charge in [-0.2, -0.15) is 15.2 Å². The number of benzene rings is 3. The topological polar surface area (TPSA) is 97.5 Å². The highest BCUT2D eigenvalue weighted by Crippen LogP contribution is 2.43. The Bertz CT molecular complexity index is 1800. The van der Waals surface area contributed by atoms with Gasteiger partial charge in [0.1, 0.15) is 29.9 Å². The Morgan fingerprint density at radius 3 is 2.72 bits per heavy atom. The molecule has 4 fully saturated rings.